The van der Waals surface area contributed by atoms with Crippen molar-refractivity contribution in [1.82, 2.24) is 4.57 Å². The molecule has 7 aromatic rings. The molecular weight excluding hydrogens is 597 g/mol. The maximum absolute atomic E-state index is 6.46. The third kappa shape index (κ3) is 4.09. The Morgan fingerprint density at radius 2 is 1.49 bits per heavy atom. The zero-order chi connectivity index (χ0) is 32.9. The molecule has 0 spiro atoms. The topological polar surface area (TPSA) is 21.3 Å². The molecule has 0 bridgehead atoms. The second-order valence-corrected chi connectivity index (χ2v) is 14.2. The molecule has 0 saturated carbocycles. The van der Waals surface area contributed by atoms with E-state index >= 15 is 0 Å². The van der Waals surface area contributed by atoms with E-state index in [2.05, 4.69) is 169 Å². The van der Waals surface area contributed by atoms with E-state index in [1.54, 1.807) is 0 Å². The molecule has 3 heteroatoms. The molecule has 0 radical (unpaired) electrons. The molecule has 236 valence electrons. The monoisotopic (exact) mass is 632 g/mol. The lowest BCUT2D eigenvalue weighted by Gasteiger charge is -2.32. The van der Waals surface area contributed by atoms with E-state index in [9.17, 15) is 0 Å². The number of anilines is 3. The van der Waals surface area contributed by atoms with E-state index in [4.69, 9.17) is 4.42 Å². The number of allylic oxidation sites excluding steroid dienone is 9. The summed E-state index contributed by atoms with van der Waals surface area (Å²) in [6, 6.07) is 36.0. The van der Waals surface area contributed by atoms with Crippen molar-refractivity contribution in [1.29, 1.82) is 0 Å². The van der Waals surface area contributed by atoms with Gasteiger partial charge in [0.05, 0.1) is 11.6 Å². The summed E-state index contributed by atoms with van der Waals surface area (Å²) >= 11 is 0. The van der Waals surface area contributed by atoms with Gasteiger partial charge in [0.1, 0.15) is 11.2 Å². The van der Waals surface area contributed by atoms with Gasteiger partial charge in [0.15, 0.2) is 0 Å². The van der Waals surface area contributed by atoms with Crippen molar-refractivity contribution in [2.45, 2.75) is 37.6 Å². The molecule has 1 aliphatic heterocycles. The first-order chi connectivity index (χ1) is 24.0. The number of para-hydroxylation sites is 2. The second kappa shape index (κ2) is 10.3. The number of hydrogen-bond donors (Lipinski definition) is 0. The quantitative estimate of drug-likeness (QED) is 0.193. The summed E-state index contributed by atoms with van der Waals surface area (Å²) in [5, 5.41) is 4.85. The van der Waals surface area contributed by atoms with Crippen molar-refractivity contribution in [2.75, 3.05) is 4.90 Å². The Morgan fingerprint density at radius 3 is 2.41 bits per heavy atom. The summed E-state index contributed by atoms with van der Waals surface area (Å²) in [5.41, 5.74) is 12.6. The van der Waals surface area contributed by atoms with Crippen LogP contribution in [-0.4, -0.2) is 4.57 Å². The van der Waals surface area contributed by atoms with Gasteiger partial charge in [-0.2, -0.15) is 0 Å². The van der Waals surface area contributed by atoms with Crippen LogP contribution >= 0.6 is 0 Å². The number of nitrogens with zero attached hydrogens (tertiary/aromatic N) is 2. The van der Waals surface area contributed by atoms with Crippen LogP contribution in [0.1, 0.15) is 42.5 Å². The molecule has 3 nitrogen and oxygen atoms in total. The minimum Gasteiger partial charge on any atom is -0.456 e. The van der Waals surface area contributed by atoms with Gasteiger partial charge in [-0.05, 0) is 77.2 Å². The number of benzene rings is 5. The fourth-order valence-corrected chi connectivity index (χ4v) is 8.56. The first-order valence-electron chi connectivity index (χ1n) is 17.3. The third-order valence-corrected chi connectivity index (χ3v) is 11.2. The molecule has 0 fully saturated rings. The summed E-state index contributed by atoms with van der Waals surface area (Å²) in [7, 11) is 0. The van der Waals surface area contributed by atoms with Crippen molar-refractivity contribution in [2.24, 2.45) is 0 Å². The van der Waals surface area contributed by atoms with Gasteiger partial charge >= 0.3 is 0 Å². The largest absolute Gasteiger partial charge is 0.456 e. The minimum atomic E-state index is -0.250. The van der Waals surface area contributed by atoms with E-state index < -0.39 is 0 Å². The van der Waals surface area contributed by atoms with Crippen LogP contribution in [-0.2, 0) is 11.8 Å². The van der Waals surface area contributed by atoms with Crippen LogP contribution in [0, 0.1) is 0 Å². The van der Waals surface area contributed by atoms with Gasteiger partial charge in [0, 0.05) is 61.5 Å². The maximum Gasteiger partial charge on any atom is 0.137 e. The highest BCUT2D eigenvalue weighted by Crippen LogP contribution is 2.52. The fraction of sp³-hybridized carbons (Fsp3) is 0.130. The average Bonchev–Trinajstić information content (AvgIpc) is 3.78. The molecule has 2 aromatic heterocycles. The molecule has 2 atom stereocenters. The van der Waals surface area contributed by atoms with E-state index in [-0.39, 0.29) is 17.4 Å². The molecule has 49 heavy (non-hydrogen) atoms. The summed E-state index contributed by atoms with van der Waals surface area (Å²) < 4.78 is 9.02. The fourth-order valence-electron chi connectivity index (χ4n) is 8.56. The number of hydrogen-bond acceptors (Lipinski definition) is 2. The first kappa shape index (κ1) is 28.2. The van der Waals surface area contributed by atoms with Crippen LogP contribution in [0.5, 0.6) is 0 Å². The summed E-state index contributed by atoms with van der Waals surface area (Å²) in [6.07, 6.45) is 18.7. The Hall–Kier alpha value is -5.80. The Kier molecular flexibility index (Phi) is 5.96. The van der Waals surface area contributed by atoms with Crippen LogP contribution < -0.4 is 4.90 Å². The lowest BCUT2D eigenvalue weighted by molar-refractivity contribution is 0.615. The van der Waals surface area contributed by atoms with E-state index in [0.717, 1.165) is 51.0 Å². The lowest BCUT2D eigenvalue weighted by atomic mass is 9.75. The van der Waals surface area contributed by atoms with Crippen LogP contribution in [0.15, 0.2) is 162 Å². The van der Waals surface area contributed by atoms with E-state index in [1.807, 2.05) is 6.07 Å². The highest BCUT2D eigenvalue weighted by atomic mass is 16.3. The highest BCUT2D eigenvalue weighted by molar-refractivity contribution is 6.12. The van der Waals surface area contributed by atoms with Gasteiger partial charge in [-0.15, -0.1) is 0 Å². The smallest absolute Gasteiger partial charge is 0.137 e. The van der Waals surface area contributed by atoms with Crippen molar-refractivity contribution in [3.63, 3.8) is 0 Å². The van der Waals surface area contributed by atoms with E-state index in [0.29, 0.717) is 0 Å². The minimum absolute atomic E-state index is 0.250. The van der Waals surface area contributed by atoms with E-state index in [1.165, 1.54) is 38.5 Å². The summed E-state index contributed by atoms with van der Waals surface area (Å²) in [4.78, 5) is 2.43. The summed E-state index contributed by atoms with van der Waals surface area (Å²) in [5.74, 6) is 0.284. The number of fused-ring (bicyclic) bond motifs is 10. The highest BCUT2D eigenvalue weighted by Gasteiger charge is 2.36. The van der Waals surface area contributed by atoms with Crippen LogP contribution in [0.4, 0.5) is 17.1 Å². The molecular formula is C46H36N2O. The molecule has 2 unspecified atom stereocenters. The number of aromatic nitrogens is 1. The number of rotatable bonds is 3. The normalized spacial score (nSPS) is 20.3. The first-order valence-corrected chi connectivity index (χ1v) is 17.3. The SMILES string of the molecule is C=C1/C=C\C=C/Cc2ccc(N(c3ccc4c(c3)oc3ccccc34)c3cc4c5c(c3)c3ccccc3n5C3C=CC=CC43)cc2C1(C)C. The predicted molar refractivity (Wildman–Crippen MR) is 206 cm³/mol. The van der Waals surface area contributed by atoms with Crippen molar-refractivity contribution in [3.05, 3.63) is 175 Å². The predicted octanol–water partition coefficient (Wildman–Crippen LogP) is 12.4. The van der Waals surface area contributed by atoms with Crippen LogP contribution in [0.25, 0.3) is 43.7 Å². The molecule has 3 aliphatic rings. The third-order valence-electron chi connectivity index (χ3n) is 11.2. The molecule has 0 N–H and O–H groups in total. The van der Waals surface area contributed by atoms with Crippen molar-refractivity contribution >= 4 is 60.8 Å². The Balaban J connectivity index is 1.25. The van der Waals surface area contributed by atoms with Gasteiger partial charge in [-0.3, -0.25) is 0 Å². The standard InChI is InChI=1S/C46H36N2O/c1-29-13-5-4-6-14-30-21-22-31(27-40(30)46(29,2)3)47(32-23-24-37-36-17-9-12-20-43(36)49-44(37)28-32)33-25-38-34-15-7-10-18-41(34)48-42-19-11-8-16-35(42)39(26-33)45(38)48/h4-13,15-28,34,41H,1,14H2,2-3H3/b6-4-,13-5-. The Labute approximate surface area is 286 Å². The summed E-state index contributed by atoms with van der Waals surface area (Å²) in [6.45, 7) is 9.11. The Morgan fingerprint density at radius 1 is 0.714 bits per heavy atom. The van der Waals surface area contributed by atoms with Crippen LogP contribution in [0.3, 0.4) is 0 Å². The zero-order valence-electron chi connectivity index (χ0n) is 27.7. The van der Waals surface area contributed by atoms with Gasteiger partial charge in [0.2, 0.25) is 0 Å². The Bertz CT molecular complexity index is 2650. The number of furan rings is 1. The van der Waals surface area contributed by atoms with Gasteiger partial charge in [0.25, 0.3) is 0 Å². The molecule has 5 aromatic carbocycles. The zero-order valence-corrected chi connectivity index (χ0v) is 27.7. The van der Waals surface area contributed by atoms with Gasteiger partial charge in [-0.1, -0.05) is 111 Å². The van der Waals surface area contributed by atoms with Gasteiger partial charge in [-0.25, -0.2) is 0 Å². The molecule has 2 aliphatic carbocycles. The molecule has 0 saturated heterocycles. The second-order valence-electron chi connectivity index (χ2n) is 14.2. The van der Waals surface area contributed by atoms with Crippen LogP contribution in [0.2, 0.25) is 0 Å². The maximum atomic E-state index is 6.46. The lowest BCUT2D eigenvalue weighted by Crippen LogP contribution is -2.22. The molecule has 10 rings (SSSR count). The molecule has 3 heterocycles. The van der Waals surface area contributed by atoms with Crippen molar-refractivity contribution < 1.29 is 4.42 Å². The van der Waals surface area contributed by atoms with Gasteiger partial charge < -0.3 is 13.9 Å². The van der Waals surface area contributed by atoms with Crippen molar-refractivity contribution in [3.8, 4) is 0 Å². The average molecular weight is 633 g/mol. The molecule has 0 amide bonds.